The molecule has 7 nitrogen and oxygen atoms in total. The second-order valence-electron chi connectivity index (χ2n) is 4.02. The second-order valence-corrected chi connectivity index (χ2v) is 4.02. The summed E-state index contributed by atoms with van der Waals surface area (Å²) in [5, 5.41) is 17.5. The van der Waals surface area contributed by atoms with Crippen LogP contribution in [0.1, 0.15) is 11.5 Å². The molecule has 0 bridgehead atoms. The van der Waals surface area contributed by atoms with Crippen molar-refractivity contribution in [2.75, 3.05) is 0 Å². The van der Waals surface area contributed by atoms with Crippen LogP contribution in [0.25, 0.3) is 10.9 Å². The maximum atomic E-state index is 5.70. The molecule has 1 aromatic carbocycles. The van der Waals surface area contributed by atoms with Gasteiger partial charge >= 0.3 is 0 Å². The smallest absolute Gasteiger partial charge is 0.196 e. The Morgan fingerprint density at radius 1 is 1.22 bits per heavy atom. The molecular weight excluding hydrogens is 230 g/mol. The van der Waals surface area contributed by atoms with E-state index < -0.39 is 0 Å². The molecule has 3 aromatic rings. The van der Waals surface area contributed by atoms with Gasteiger partial charge in [-0.2, -0.15) is 9.90 Å². The lowest BCUT2D eigenvalue weighted by atomic mass is 10.2. The summed E-state index contributed by atoms with van der Waals surface area (Å²) < 4.78 is 1.86. The van der Waals surface area contributed by atoms with Crippen molar-refractivity contribution in [3.05, 3.63) is 35.8 Å². The number of hydrogen-bond acceptors (Lipinski definition) is 5. The Morgan fingerprint density at radius 2 is 2.06 bits per heavy atom. The van der Waals surface area contributed by atoms with Crippen LogP contribution in [0.2, 0.25) is 0 Å². The van der Waals surface area contributed by atoms with E-state index in [0.717, 1.165) is 16.6 Å². The van der Waals surface area contributed by atoms with Crippen molar-refractivity contribution in [1.29, 1.82) is 0 Å². The minimum absolute atomic E-state index is 0.418. The normalized spacial score (nSPS) is 11.2. The lowest BCUT2D eigenvalue weighted by Crippen LogP contribution is -2.05. The van der Waals surface area contributed by atoms with Crippen LogP contribution in [0.3, 0.4) is 0 Å². The van der Waals surface area contributed by atoms with E-state index in [1.54, 1.807) is 7.05 Å². The monoisotopic (exact) mass is 243 g/mol. The molecule has 18 heavy (non-hydrogen) atoms. The van der Waals surface area contributed by atoms with Crippen molar-refractivity contribution < 1.29 is 0 Å². The zero-order valence-corrected chi connectivity index (χ0v) is 9.98. The van der Waals surface area contributed by atoms with Crippen LogP contribution in [-0.2, 0) is 20.1 Å². The summed E-state index contributed by atoms with van der Waals surface area (Å²) in [6, 6.07) is 7.99. The highest BCUT2D eigenvalue weighted by molar-refractivity contribution is 5.81. The van der Waals surface area contributed by atoms with Crippen LogP contribution in [0, 0.1) is 0 Å². The summed E-state index contributed by atoms with van der Waals surface area (Å²) in [7, 11) is 1.74. The van der Waals surface area contributed by atoms with Crippen molar-refractivity contribution in [2.45, 2.75) is 13.1 Å². The highest BCUT2D eigenvalue weighted by Gasteiger charge is 2.10. The Labute approximate surface area is 103 Å². The first-order valence-corrected chi connectivity index (χ1v) is 5.65. The second kappa shape index (κ2) is 4.19. The maximum absolute atomic E-state index is 5.70. The average molecular weight is 243 g/mol. The number of para-hydroxylation sites is 1. The Hall–Kier alpha value is -2.28. The lowest BCUT2D eigenvalue weighted by Gasteiger charge is -1.98. The zero-order valence-electron chi connectivity index (χ0n) is 9.98. The van der Waals surface area contributed by atoms with E-state index in [2.05, 4.69) is 20.5 Å². The molecule has 0 atom stereocenters. The first-order chi connectivity index (χ1) is 8.78. The first-order valence-electron chi connectivity index (χ1n) is 5.65. The van der Waals surface area contributed by atoms with Gasteiger partial charge in [0.1, 0.15) is 6.54 Å². The molecule has 3 rings (SSSR count). The summed E-state index contributed by atoms with van der Waals surface area (Å²) in [4.78, 5) is 1.44. The van der Waals surface area contributed by atoms with Crippen molar-refractivity contribution in [3.8, 4) is 0 Å². The van der Waals surface area contributed by atoms with Crippen LogP contribution < -0.4 is 5.73 Å². The number of benzene rings is 1. The highest BCUT2D eigenvalue weighted by Crippen LogP contribution is 2.18. The number of nitrogens with zero attached hydrogens (tertiary/aromatic N) is 6. The SMILES string of the molecule is Cn1nnc(Cn2nc(CN)c3ccccc32)n1. The third-order valence-electron chi connectivity index (χ3n) is 2.77. The van der Waals surface area contributed by atoms with Gasteiger partial charge < -0.3 is 5.73 Å². The number of rotatable bonds is 3. The first kappa shape index (κ1) is 10.8. The molecule has 2 N–H and O–H groups in total. The van der Waals surface area contributed by atoms with Crippen LogP contribution in [0.4, 0.5) is 0 Å². The fourth-order valence-electron chi connectivity index (χ4n) is 1.99. The minimum Gasteiger partial charge on any atom is -0.325 e. The Kier molecular flexibility index (Phi) is 2.52. The summed E-state index contributed by atoms with van der Waals surface area (Å²) in [5.41, 5.74) is 7.62. The van der Waals surface area contributed by atoms with E-state index in [0.29, 0.717) is 18.9 Å². The van der Waals surface area contributed by atoms with Gasteiger partial charge in [0.05, 0.1) is 18.3 Å². The van der Waals surface area contributed by atoms with E-state index in [9.17, 15) is 0 Å². The molecule has 0 spiro atoms. The summed E-state index contributed by atoms with van der Waals surface area (Å²) in [6.07, 6.45) is 0. The largest absolute Gasteiger partial charge is 0.325 e. The fourth-order valence-corrected chi connectivity index (χ4v) is 1.99. The third kappa shape index (κ3) is 1.74. The van der Waals surface area contributed by atoms with Crippen LogP contribution in [0.5, 0.6) is 0 Å². The summed E-state index contributed by atoms with van der Waals surface area (Å²) >= 11 is 0. The van der Waals surface area contributed by atoms with Gasteiger partial charge in [-0.15, -0.1) is 10.2 Å². The Morgan fingerprint density at radius 3 is 2.78 bits per heavy atom. The van der Waals surface area contributed by atoms with E-state index in [4.69, 9.17) is 5.73 Å². The lowest BCUT2D eigenvalue weighted by molar-refractivity contribution is 0.619. The van der Waals surface area contributed by atoms with Gasteiger partial charge in [-0.3, -0.25) is 4.68 Å². The van der Waals surface area contributed by atoms with Crippen LogP contribution in [0.15, 0.2) is 24.3 Å². The minimum atomic E-state index is 0.418. The molecule has 0 aliphatic heterocycles. The summed E-state index contributed by atoms with van der Waals surface area (Å²) in [5.74, 6) is 0.634. The van der Waals surface area contributed by atoms with Crippen LogP contribution >= 0.6 is 0 Å². The molecule has 0 saturated carbocycles. The number of fused-ring (bicyclic) bond motifs is 1. The zero-order chi connectivity index (χ0) is 12.5. The third-order valence-corrected chi connectivity index (χ3v) is 2.77. The van der Waals surface area contributed by atoms with Gasteiger partial charge in [-0.1, -0.05) is 18.2 Å². The van der Waals surface area contributed by atoms with E-state index in [1.165, 1.54) is 4.80 Å². The van der Waals surface area contributed by atoms with Gasteiger partial charge in [0.25, 0.3) is 0 Å². The molecule has 0 aliphatic carbocycles. The Balaban J connectivity index is 2.06. The van der Waals surface area contributed by atoms with Gasteiger partial charge in [-0.25, -0.2) is 0 Å². The number of aryl methyl sites for hydroxylation is 1. The highest BCUT2D eigenvalue weighted by atomic mass is 15.6. The molecule has 0 aliphatic rings. The predicted octanol–water partition coefficient (Wildman–Crippen LogP) is 0.0668. The molecule has 0 radical (unpaired) electrons. The molecule has 0 fully saturated rings. The number of tetrazole rings is 1. The van der Waals surface area contributed by atoms with Gasteiger partial charge in [0, 0.05) is 11.9 Å². The molecular formula is C11H13N7. The van der Waals surface area contributed by atoms with Crippen molar-refractivity contribution in [2.24, 2.45) is 12.8 Å². The van der Waals surface area contributed by atoms with Gasteiger partial charge in [0.15, 0.2) is 5.82 Å². The van der Waals surface area contributed by atoms with Crippen molar-refractivity contribution in [1.82, 2.24) is 30.0 Å². The summed E-state index contributed by atoms with van der Waals surface area (Å²) in [6.45, 7) is 0.912. The van der Waals surface area contributed by atoms with Crippen molar-refractivity contribution in [3.63, 3.8) is 0 Å². The van der Waals surface area contributed by atoms with Gasteiger partial charge in [0.2, 0.25) is 0 Å². The molecule has 2 aromatic heterocycles. The standard InChI is InChI=1S/C11H13N7/c1-17-15-11(13-16-17)7-18-10-5-3-2-4-8(10)9(6-12)14-18/h2-5H,6-7,12H2,1H3. The molecule has 2 heterocycles. The quantitative estimate of drug-likeness (QED) is 0.703. The van der Waals surface area contributed by atoms with E-state index >= 15 is 0 Å². The van der Waals surface area contributed by atoms with E-state index in [-0.39, 0.29) is 0 Å². The molecule has 92 valence electrons. The number of aromatic nitrogens is 6. The number of hydrogen-bond donors (Lipinski definition) is 1. The topological polar surface area (TPSA) is 87.4 Å². The van der Waals surface area contributed by atoms with Crippen molar-refractivity contribution >= 4 is 10.9 Å². The average Bonchev–Trinajstić information content (AvgIpc) is 2.95. The Bertz CT molecular complexity index is 682. The van der Waals surface area contributed by atoms with Gasteiger partial charge in [-0.05, 0) is 11.3 Å². The predicted molar refractivity (Wildman–Crippen MR) is 65.5 cm³/mol. The van der Waals surface area contributed by atoms with Crippen LogP contribution in [-0.4, -0.2) is 30.0 Å². The fraction of sp³-hybridized carbons (Fsp3) is 0.273. The number of nitrogens with two attached hydrogens (primary N) is 1. The molecule has 0 amide bonds. The molecule has 0 saturated heterocycles. The molecule has 7 heteroatoms. The maximum Gasteiger partial charge on any atom is 0.196 e. The van der Waals surface area contributed by atoms with E-state index in [1.807, 2.05) is 28.9 Å². The molecule has 0 unspecified atom stereocenters.